The summed E-state index contributed by atoms with van der Waals surface area (Å²) in [5, 5.41) is 3.70. The van der Waals surface area contributed by atoms with E-state index < -0.39 is 11.6 Å². The Hall–Kier alpha value is -2.00. The number of para-hydroxylation sites is 1. The molecule has 3 nitrogen and oxygen atoms in total. The summed E-state index contributed by atoms with van der Waals surface area (Å²) in [6, 6.07) is 14.7. The summed E-state index contributed by atoms with van der Waals surface area (Å²) in [5.41, 5.74) is 1.43. The highest BCUT2D eigenvalue weighted by Crippen LogP contribution is 2.26. The number of halogens is 1. The molecule has 4 heteroatoms. The number of carbonyl (C=O) groups is 1. The average molecular weight is 304 g/mol. The molecule has 0 amide bonds. The van der Waals surface area contributed by atoms with Crippen LogP contribution in [0.5, 0.6) is 0 Å². The van der Waals surface area contributed by atoms with Crippen LogP contribution in [0.4, 0.5) is 11.4 Å². The van der Waals surface area contributed by atoms with Gasteiger partial charge in [0.1, 0.15) is 5.60 Å². The molecule has 0 saturated carbocycles. The number of hydrogen-bond donors (Lipinski definition) is 1. The van der Waals surface area contributed by atoms with Crippen LogP contribution in [-0.2, 0) is 4.74 Å². The fraction of sp³-hybridized carbons (Fsp3) is 0.235. The van der Waals surface area contributed by atoms with Crippen LogP contribution in [-0.4, -0.2) is 11.6 Å². The normalized spacial score (nSPS) is 11.0. The lowest BCUT2D eigenvalue weighted by atomic mass is 10.1. The van der Waals surface area contributed by atoms with Crippen molar-refractivity contribution in [3.05, 3.63) is 59.1 Å². The number of benzene rings is 2. The summed E-state index contributed by atoms with van der Waals surface area (Å²) in [5.74, 6) is -0.400. The largest absolute Gasteiger partial charge is 0.456 e. The lowest BCUT2D eigenvalue weighted by Gasteiger charge is -2.21. The Kier molecular flexibility index (Phi) is 4.53. The fourth-order valence-corrected chi connectivity index (χ4v) is 1.98. The van der Waals surface area contributed by atoms with Gasteiger partial charge in [0.2, 0.25) is 0 Å². The van der Waals surface area contributed by atoms with Crippen molar-refractivity contribution in [3.8, 4) is 0 Å². The third kappa shape index (κ3) is 4.50. The van der Waals surface area contributed by atoms with E-state index in [0.29, 0.717) is 16.3 Å². The molecule has 110 valence electrons. The molecule has 0 aliphatic heterocycles. The Bertz CT molecular complexity index is 633. The van der Waals surface area contributed by atoms with Crippen LogP contribution in [0.25, 0.3) is 0 Å². The number of nitrogens with one attached hydrogen (secondary N) is 1. The van der Waals surface area contributed by atoms with E-state index in [1.54, 1.807) is 18.2 Å². The van der Waals surface area contributed by atoms with Crippen molar-refractivity contribution in [2.24, 2.45) is 0 Å². The minimum atomic E-state index is -0.552. The molecule has 0 radical (unpaired) electrons. The van der Waals surface area contributed by atoms with E-state index in [4.69, 9.17) is 16.3 Å². The number of carbonyl (C=O) groups excluding carboxylic acids is 1. The molecule has 0 spiro atoms. The van der Waals surface area contributed by atoms with Gasteiger partial charge in [-0.2, -0.15) is 0 Å². The van der Waals surface area contributed by atoms with Gasteiger partial charge < -0.3 is 10.1 Å². The Labute approximate surface area is 129 Å². The van der Waals surface area contributed by atoms with Gasteiger partial charge in [-0.05, 0) is 51.1 Å². The molecule has 0 aromatic heterocycles. The minimum absolute atomic E-state index is 0.400. The maximum Gasteiger partial charge on any atom is 0.340 e. The van der Waals surface area contributed by atoms with Crippen LogP contribution in [0, 0.1) is 0 Å². The van der Waals surface area contributed by atoms with Crippen molar-refractivity contribution in [2.75, 3.05) is 5.32 Å². The highest BCUT2D eigenvalue weighted by molar-refractivity contribution is 6.31. The summed E-state index contributed by atoms with van der Waals surface area (Å²) < 4.78 is 5.42. The van der Waals surface area contributed by atoms with Gasteiger partial charge >= 0.3 is 5.97 Å². The molecule has 2 aromatic rings. The first-order chi connectivity index (χ1) is 9.85. The maximum absolute atomic E-state index is 12.3. The van der Waals surface area contributed by atoms with Gasteiger partial charge in [-0.15, -0.1) is 0 Å². The molecule has 0 heterocycles. The molecule has 2 aromatic carbocycles. The van der Waals surface area contributed by atoms with Gasteiger partial charge in [-0.3, -0.25) is 0 Å². The third-order valence-electron chi connectivity index (χ3n) is 2.65. The minimum Gasteiger partial charge on any atom is -0.456 e. The second-order valence-corrected chi connectivity index (χ2v) is 6.12. The van der Waals surface area contributed by atoms with Crippen LogP contribution < -0.4 is 5.32 Å². The molecule has 2 rings (SSSR count). The van der Waals surface area contributed by atoms with Crippen molar-refractivity contribution >= 4 is 28.9 Å². The Morgan fingerprint density at radius 1 is 1.10 bits per heavy atom. The first-order valence-electron chi connectivity index (χ1n) is 6.70. The lowest BCUT2D eigenvalue weighted by Crippen LogP contribution is -2.24. The molecule has 0 saturated heterocycles. The van der Waals surface area contributed by atoms with Crippen molar-refractivity contribution in [3.63, 3.8) is 0 Å². The van der Waals surface area contributed by atoms with Crippen LogP contribution in [0.2, 0.25) is 5.02 Å². The van der Waals surface area contributed by atoms with Crippen LogP contribution >= 0.6 is 11.6 Å². The summed E-state index contributed by atoms with van der Waals surface area (Å²) >= 11 is 6.00. The van der Waals surface area contributed by atoms with Gasteiger partial charge in [0.05, 0.1) is 11.3 Å². The van der Waals surface area contributed by atoms with E-state index in [9.17, 15) is 4.79 Å². The van der Waals surface area contributed by atoms with E-state index in [1.807, 2.05) is 51.1 Å². The van der Waals surface area contributed by atoms with Gasteiger partial charge in [-0.25, -0.2) is 4.79 Å². The summed E-state index contributed by atoms with van der Waals surface area (Å²) in [4.78, 5) is 12.3. The molecule has 1 N–H and O–H groups in total. The molecular weight excluding hydrogens is 286 g/mol. The molecule has 0 aliphatic rings. The molecule has 0 unspecified atom stereocenters. The number of esters is 1. The molecule has 0 aliphatic carbocycles. The SMILES string of the molecule is CC(C)(C)OC(=O)c1cc(Cl)ccc1Nc1ccccc1. The fourth-order valence-electron chi connectivity index (χ4n) is 1.80. The second kappa shape index (κ2) is 6.19. The third-order valence-corrected chi connectivity index (χ3v) is 2.89. The summed E-state index contributed by atoms with van der Waals surface area (Å²) in [6.45, 7) is 5.50. The van der Waals surface area contributed by atoms with E-state index in [-0.39, 0.29) is 0 Å². The summed E-state index contributed by atoms with van der Waals surface area (Å²) in [7, 11) is 0. The van der Waals surface area contributed by atoms with E-state index >= 15 is 0 Å². The standard InChI is InChI=1S/C17H18ClNO2/c1-17(2,3)21-16(20)14-11-12(18)9-10-15(14)19-13-7-5-4-6-8-13/h4-11,19H,1-3H3. The van der Waals surface area contributed by atoms with Gasteiger partial charge in [0.25, 0.3) is 0 Å². The summed E-state index contributed by atoms with van der Waals surface area (Å²) in [6.07, 6.45) is 0. The van der Waals surface area contributed by atoms with E-state index in [0.717, 1.165) is 5.69 Å². The zero-order valence-corrected chi connectivity index (χ0v) is 13.1. The van der Waals surface area contributed by atoms with E-state index in [1.165, 1.54) is 0 Å². The first-order valence-corrected chi connectivity index (χ1v) is 7.08. The van der Waals surface area contributed by atoms with Crippen LogP contribution in [0.15, 0.2) is 48.5 Å². The monoisotopic (exact) mass is 303 g/mol. The average Bonchev–Trinajstić information content (AvgIpc) is 2.40. The highest BCUT2D eigenvalue weighted by Gasteiger charge is 2.20. The topological polar surface area (TPSA) is 38.3 Å². The number of ether oxygens (including phenoxy) is 1. The van der Waals surface area contributed by atoms with Gasteiger partial charge in [-0.1, -0.05) is 29.8 Å². The predicted molar refractivity (Wildman–Crippen MR) is 86.3 cm³/mol. The van der Waals surface area contributed by atoms with Crippen LogP contribution in [0.1, 0.15) is 31.1 Å². The maximum atomic E-state index is 12.3. The van der Waals surface area contributed by atoms with E-state index in [2.05, 4.69) is 5.32 Å². The Morgan fingerprint density at radius 2 is 1.76 bits per heavy atom. The molecule has 0 atom stereocenters. The van der Waals surface area contributed by atoms with Gasteiger partial charge in [0.15, 0.2) is 0 Å². The molecule has 0 bridgehead atoms. The first kappa shape index (κ1) is 15.4. The molecule has 0 fully saturated rings. The Balaban J connectivity index is 2.32. The smallest absolute Gasteiger partial charge is 0.340 e. The van der Waals surface area contributed by atoms with Gasteiger partial charge in [0, 0.05) is 10.7 Å². The number of rotatable bonds is 3. The number of hydrogen-bond acceptors (Lipinski definition) is 3. The Morgan fingerprint density at radius 3 is 2.38 bits per heavy atom. The zero-order chi connectivity index (χ0) is 15.5. The van der Waals surface area contributed by atoms with Crippen molar-refractivity contribution < 1.29 is 9.53 Å². The highest BCUT2D eigenvalue weighted by atomic mass is 35.5. The second-order valence-electron chi connectivity index (χ2n) is 5.68. The van der Waals surface area contributed by atoms with Crippen molar-refractivity contribution in [1.29, 1.82) is 0 Å². The molecular formula is C17H18ClNO2. The lowest BCUT2D eigenvalue weighted by molar-refractivity contribution is 0.00707. The number of anilines is 2. The predicted octanol–water partition coefficient (Wildman–Crippen LogP) is 5.04. The van der Waals surface area contributed by atoms with Crippen molar-refractivity contribution in [1.82, 2.24) is 0 Å². The quantitative estimate of drug-likeness (QED) is 0.807. The van der Waals surface area contributed by atoms with Crippen LogP contribution in [0.3, 0.4) is 0 Å². The molecule has 21 heavy (non-hydrogen) atoms. The zero-order valence-electron chi connectivity index (χ0n) is 12.3. The van der Waals surface area contributed by atoms with Crippen molar-refractivity contribution in [2.45, 2.75) is 26.4 Å².